The molecule has 0 aliphatic carbocycles. The molecule has 30 heavy (non-hydrogen) atoms. The molecule has 0 atom stereocenters. The maximum Gasteiger partial charge on any atom is 0.246 e. The summed E-state index contributed by atoms with van der Waals surface area (Å²) < 4.78 is 1.71. The van der Waals surface area contributed by atoms with Crippen molar-refractivity contribution in [3.8, 4) is 0 Å². The van der Waals surface area contributed by atoms with Crippen LogP contribution in [0.1, 0.15) is 18.1 Å². The molecule has 0 radical (unpaired) electrons. The van der Waals surface area contributed by atoms with Crippen molar-refractivity contribution in [1.82, 2.24) is 24.9 Å². The average Bonchev–Trinajstić information content (AvgIpc) is 3.12. The van der Waals surface area contributed by atoms with E-state index in [1.807, 2.05) is 25.1 Å². The number of benzene rings is 1. The van der Waals surface area contributed by atoms with E-state index in [4.69, 9.17) is 4.99 Å². The number of rotatable bonds is 6. The minimum atomic E-state index is 0. The lowest BCUT2D eigenvalue weighted by molar-refractivity contribution is -0.120. The standard InChI is InChI=1S/C21H31N7O.HI/c1-5-22-21(23-12-17-6-8-18(9-7-17)14-25(2)3)27-10-11-28(20(29)16-27)19-13-24-26(4)15-19;/h6-9,13,15H,5,10-12,14,16H2,1-4H3,(H,22,23);1H. The molecule has 1 fully saturated rings. The summed E-state index contributed by atoms with van der Waals surface area (Å²) in [7, 11) is 5.99. The van der Waals surface area contributed by atoms with Gasteiger partial charge in [-0.15, -0.1) is 24.0 Å². The first-order chi connectivity index (χ1) is 14.0. The highest BCUT2D eigenvalue weighted by Gasteiger charge is 2.27. The molecular formula is C21H32IN7O. The van der Waals surface area contributed by atoms with E-state index in [2.05, 4.69) is 53.7 Å². The lowest BCUT2D eigenvalue weighted by atomic mass is 10.1. The van der Waals surface area contributed by atoms with E-state index in [1.165, 1.54) is 5.56 Å². The number of anilines is 1. The van der Waals surface area contributed by atoms with Crippen LogP contribution in [0.2, 0.25) is 0 Å². The van der Waals surface area contributed by atoms with Gasteiger partial charge in [0.2, 0.25) is 5.91 Å². The van der Waals surface area contributed by atoms with Crippen LogP contribution in [0.3, 0.4) is 0 Å². The van der Waals surface area contributed by atoms with Gasteiger partial charge in [0.1, 0.15) is 6.54 Å². The smallest absolute Gasteiger partial charge is 0.246 e. The van der Waals surface area contributed by atoms with Crippen LogP contribution in [0.4, 0.5) is 5.69 Å². The monoisotopic (exact) mass is 525 g/mol. The molecule has 1 aliphatic rings. The van der Waals surface area contributed by atoms with Gasteiger partial charge < -0.3 is 20.0 Å². The van der Waals surface area contributed by atoms with Crippen LogP contribution >= 0.6 is 24.0 Å². The number of aliphatic imine (C=N–C) groups is 1. The van der Waals surface area contributed by atoms with Gasteiger partial charge in [-0.2, -0.15) is 5.10 Å². The number of aromatic nitrogens is 2. The van der Waals surface area contributed by atoms with Gasteiger partial charge in [0.15, 0.2) is 5.96 Å². The Morgan fingerprint density at radius 1 is 1.20 bits per heavy atom. The Labute approximate surface area is 195 Å². The number of hydrogen-bond donors (Lipinski definition) is 1. The zero-order valence-electron chi connectivity index (χ0n) is 18.2. The van der Waals surface area contributed by atoms with Crippen LogP contribution in [-0.4, -0.2) is 71.7 Å². The fraction of sp³-hybridized carbons (Fsp3) is 0.476. The lowest BCUT2D eigenvalue weighted by Crippen LogP contribution is -2.55. The fourth-order valence-electron chi connectivity index (χ4n) is 3.38. The van der Waals surface area contributed by atoms with Crippen molar-refractivity contribution in [2.75, 3.05) is 45.2 Å². The lowest BCUT2D eigenvalue weighted by Gasteiger charge is -2.35. The van der Waals surface area contributed by atoms with E-state index in [-0.39, 0.29) is 29.9 Å². The summed E-state index contributed by atoms with van der Waals surface area (Å²) in [5.41, 5.74) is 3.28. The second kappa shape index (κ2) is 11.3. The summed E-state index contributed by atoms with van der Waals surface area (Å²) in [5.74, 6) is 0.840. The number of amides is 1. The highest BCUT2D eigenvalue weighted by molar-refractivity contribution is 14.0. The number of aryl methyl sites for hydroxylation is 1. The van der Waals surface area contributed by atoms with Crippen LogP contribution in [-0.2, 0) is 24.9 Å². The first kappa shape index (κ1) is 24.1. The number of carbonyl (C=O) groups excluding carboxylic acids is 1. The molecule has 1 aliphatic heterocycles. The highest BCUT2D eigenvalue weighted by Crippen LogP contribution is 2.16. The third-order valence-corrected chi connectivity index (χ3v) is 4.79. The molecule has 0 spiro atoms. The largest absolute Gasteiger partial charge is 0.356 e. The quantitative estimate of drug-likeness (QED) is 0.355. The van der Waals surface area contributed by atoms with Gasteiger partial charge in [-0.3, -0.25) is 9.48 Å². The summed E-state index contributed by atoms with van der Waals surface area (Å²) in [6.07, 6.45) is 3.60. The van der Waals surface area contributed by atoms with Crippen molar-refractivity contribution in [2.45, 2.75) is 20.0 Å². The van der Waals surface area contributed by atoms with Gasteiger partial charge in [0.25, 0.3) is 0 Å². The summed E-state index contributed by atoms with van der Waals surface area (Å²) in [6.45, 7) is 5.97. The Hall–Kier alpha value is -2.14. The molecule has 1 aromatic heterocycles. The molecule has 8 nitrogen and oxygen atoms in total. The number of halogens is 1. The first-order valence-electron chi connectivity index (χ1n) is 10.0. The van der Waals surface area contributed by atoms with Crippen LogP contribution in [0, 0.1) is 0 Å². The summed E-state index contributed by atoms with van der Waals surface area (Å²) in [6, 6.07) is 8.54. The van der Waals surface area contributed by atoms with Crippen molar-refractivity contribution in [1.29, 1.82) is 0 Å². The van der Waals surface area contributed by atoms with Crippen molar-refractivity contribution in [3.63, 3.8) is 0 Å². The minimum Gasteiger partial charge on any atom is -0.356 e. The summed E-state index contributed by atoms with van der Waals surface area (Å²) in [5, 5.41) is 7.49. The molecule has 0 bridgehead atoms. The van der Waals surface area contributed by atoms with Gasteiger partial charge in [0.05, 0.1) is 18.4 Å². The van der Waals surface area contributed by atoms with Crippen LogP contribution in [0.15, 0.2) is 41.7 Å². The molecule has 1 amide bonds. The molecule has 1 aromatic carbocycles. The van der Waals surface area contributed by atoms with E-state index >= 15 is 0 Å². The van der Waals surface area contributed by atoms with E-state index in [0.717, 1.165) is 36.8 Å². The van der Waals surface area contributed by atoms with Crippen molar-refractivity contribution < 1.29 is 4.79 Å². The Balaban J connectivity index is 0.00000320. The van der Waals surface area contributed by atoms with Gasteiger partial charge in [-0.1, -0.05) is 24.3 Å². The minimum absolute atomic E-state index is 0. The molecule has 0 unspecified atom stereocenters. The maximum absolute atomic E-state index is 12.7. The predicted molar refractivity (Wildman–Crippen MR) is 131 cm³/mol. The zero-order chi connectivity index (χ0) is 20.8. The first-order valence-corrected chi connectivity index (χ1v) is 10.0. The molecule has 1 saturated heterocycles. The second-order valence-corrected chi connectivity index (χ2v) is 7.56. The Morgan fingerprint density at radius 2 is 1.90 bits per heavy atom. The van der Waals surface area contributed by atoms with E-state index in [9.17, 15) is 4.79 Å². The summed E-state index contributed by atoms with van der Waals surface area (Å²) >= 11 is 0. The van der Waals surface area contributed by atoms with Crippen molar-refractivity contribution >= 4 is 41.5 Å². The molecule has 164 valence electrons. The predicted octanol–water partition coefficient (Wildman–Crippen LogP) is 1.91. The van der Waals surface area contributed by atoms with E-state index < -0.39 is 0 Å². The zero-order valence-corrected chi connectivity index (χ0v) is 20.5. The number of nitrogens with one attached hydrogen (secondary N) is 1. The molecule has 3 rings (SSSR count). The number of nitrogens with zero attached hydrogens (tertiary/aromatic N) is 6. The van der Waals surface area contributed by atoms with Crippen LogP contribution < -0.4 is 10.2 Å². The third kappa shape index (κ3) is 6.43. The van der Waals surface area contributed by atoms with Gasteiger partial charge in [0, 0.05) is 39.4 Å². The summed E-state index contributed by atoms with van der Waals surface area (Å²) in [4.78, 5) is 23.4. The molecule has 0 saturated carbocycles. The molecular weight excluding hydrogens is 493 g/mol. The Kier molecular flexibility index (Phi) is 9.09. The molecule has 9 heteroatoms. The van der Waals surface area contributed by atoms with Gasteiger partial charge in [-0.05, 0) is 32.1 Å². The van der Waals surface area contributed by atoms with E-state index in [1.54, 1.807) is 15.8 Å². The SMILES string of the molecule is CCNC(=NCc1ccc(CN(C)C)cc1)N1CCN(c2cnn(C)c2)C(=O)C1.I. The number of guanidine groups is 1. The molecule has 2 aromatic rings. The second-order valence-electron chi connectivity index (χ2n) is 7.56. The van der Waals surface area contributed by atoms with Crippen LogP contribution in [0.5, 0.6) is 0 Å². The average molecular weight is 525 g/mol. The number of hydrogen-bond acceptors (Lipinski definition) is 4. The van der Waals surface area contributed by atoms with Crippen LogP contribution in [0.25, 0.3) is 0 Å². The normalized spacial score (nSPS) is 14.8. The maximum atomic E-state index is 12.7. The highest BCUT2D eigenvalue weighted by atomic mass is 127. The molecule has 1 N–H and O–H groups in total. The number of piperazine rings is 1. The molecule has 2 heterocycles. The van der Waals surface area contributed by atoms with Crippen molar-refractivity contribution in [2.24, 2.45) is 12.0 Å². The Bertz CT molecular complexity index is 847. The van der Waals surface area contributed by atoms with Gasteiger partial charge >= 0.3 is 0 Å². The van der Waals surface area contributed by atoms with Gasteiger partial charge in [-0.25, -0.2) is 4.99 Å². The third-order valence-electron chi connectivity index (χ3n) is 4.79. The number of carbonyl (C=O) groups is 1. The topological polar surface area (TPSA) is 69.0 Å². The van der Waals surface area contributed by atoms with Crippen molar-refractivity contribution in [3.05, 3.63) is 47.8 Å². The van der Waals surface area contributed by atoms with E-state index in [0.29, 0.717) is 19.6 Å². The fourth-order valence-corrected chi connectivity index (χ4v) is 3.38. The Morgan fingerprint density at radius 3 is 2.47 bits per heavy atom.